The van der Waals surface area contributed by atoms with Gasteiger partial charge in [0.15, 0.2) is 0 Å². The van der Waals surface area contributed by atoms with E-state index in [-0.39, 0.29) is 10.4 Å². The molecule has 5 nitrogen and oxygen atoms in total. The summed E-state index contributed by atoms with van der Waals surface area (Å²) in [6.45, 7) is 3.47. The molecule has 0 unspecified atom stereocenters. The van der Waals surface area contributed by atoms with Crippen LogP contribution in [0, 0.1) is 0 Å². The fourth-order valence-electron chi connectivity index (χ4n) is 1.92. The smallest absolute Gasteiger partial charge is 0.362 e. The van der Waals surface area contributed by atoms with E-state index in [0.29, 0.717) is 11.3 Å². The summed E-state index contributed by atoms with van der Waals surface area (Å²) >= 11 is 0. The van der Waals surface area contributed by atoms with Crippen molar-refractivity contribution < 1.29 is 18.0 Å². The molecule has 0 radical (unpaired) electrons. The van der Waals surface area contributed by atoms with Gasteiger partial charge in [-0.3, -0.25) is 4.72 Å². The van der Waals surface area contributed by atoms with Gasteiger partial charge in [-0.1, -0.05) is 50.3 Å². The predicted molar refractivity (Wildman–Crippen MR) is 98.0 cm³/mol. The second-order valence-corrected chi connectivity index (χ2v) is 10.6. The summed E-state index contributed by atoms with van der Waals surface area (Å²) in [6.07, 6.45) is 1.55. The van der Waals surface area contributed by atoms with E-state index in [9.17, 15) is 18.0 Å². The van der Waals surface area contributed by atoms with E-state index in [0.717, 1.165) is 0 Å². The lowest BCUT2D eigenvalue weighted by Gasteiger charge is -2.17. The van der Waals surface area contributed by atoms with Crippen LogP contribution in [0.4, 0.5) is 5.69 Å². The molecule has 2 aromatic carbocycles. The van der Waals surface area contributed by atoms with Gasteiger partial charge in [-0.15, -0.1) is 0 Å². The second kappa shape index (κ2) is 7.31. The molecule has 128 valence electrons. The van der Waals surface area contributed by atoms with Crippen LogP contribution in [-0.4, -0.2) is 26.6 Å². The molecule has 0 saturated heterocycles. The molecule has 0 aromatic heterocycles. The minimum atomic E-state index is -3.70. The van der Waals surface area contributed by atoms with E-state index in [1.807, 2.05) is 0 Å². The van der Waals surface area contributed by atoms with E-state index < -0.39 is 18.6 Å². The van der Waals surface area contributed by atoms with Crippen LogP contribution in [-0.2, 0) is 10.0 Å². The number of para-hydroxylation sites is 1. The largest absolute Gasteiger partial charge is 0.408 e. The van der Waals surface area contributed by atoms with Gasteiger partial charge in [0.1, 0.15) is 0 Å². The molecule has 0 heterocycles. The summed E-state index contributed by atoms with van der Waals surface area (Å²) in [6, 6.07) is 14.9. The first-order valence-electron chi connectivity index (χ1n) is 7.52. The molecular weight excluding hydrogens is 342 g/mol. The summed E-state index contributed by atoms with van der Waals surface area (Å²) in [5, 5.41) is 0. The van der Waals surface area contributed by atoms with Gasteiger partial charge in [-0.25, -0.2) is 8.42 Å². The number of anilines is 1. The van der Waals surface area contributed by atoms with Crippen molar-refractivity contribution >= 4 is 30.3 Å². The van der Waals surface area contributed by atoms with Crippen LogP contribution in [0.1, 0.15) is 19.4 Å². The van der Waals surface area contributed by atoms with Crippen LogP contribution in [0.5, 0.6) is 0 Å². The summed E-state index contributed by atoms with van der Waals surface area (Å²) in [4.78, 5) is 20.0. The normalized spacial score (nSPS) is 12.7. The lowest BCUT2D eigenvalue weighted by Crippen LogP contribution is -2.35. The maximum Gasteiger partial charge on any atom is 0.362 e. The molecule has 0 amide bonds. The highest BCUT2D eigenvalue weighted by Gasteiger charge is 2.30. The fourth-order valence-corrected chi connectivity index (χ4v) is 3.85. The van der Waals surface area contributed by atoms with Crippen molar-refractivity contribution in [1.82, 2.24) is 0 Å². The SMILES string of the molecule is CC(C)[Si](O)(O)/C=C/c1cccc(S(=O)(=O)Nc2ccccc2)c1. The van der Waals surface area contributed by atoms with Crippen molar-refractivity contribution in [3.8, 4) is 0 Å². The van der Waals surface area contributed by atoms with Crippen molar-refractivity contribution in [3.63, 3.8) is 0 Å². The third kappa shape index (κ3) is 4.78. The third-order valence-corrected chi connectivity index (χ3v) is 7.30. The molecule has 0 spiro atoms. The molecule has 2 rings (SSSR count). The van der Waals surface area contributed by atoms with E-state index in [1.54, 1.807) is 62.4 Å². The van der Waals surface area contributed by atoms with E-state index >= 15 is 0 Å². The van der Waals surface area contributed by atoms with Gasteiger partial charge >= 0.3 is 8.56 Å². The molecule has 7 heteroatoms. The first-order chi connectivity index (χ1) is 11.2. The number of sulfonamides is 1. The monoisotopic (exact) mass is 363 g/mol. The van der Waals surface area contributed by atoms with Crippen LogP contribution >= 0.6 is 0 Å². The molecule has 24 heavy (non-hydrogen) atoms. The predicted octanol–water partition coefficient (Wildman–Crippen LogP) is 2.88. The van der Waals surface area contributed by atoms with Gasteiger partial charge in [0.25, 0.3) is 10.0 Å². The van der Waals surface area contributed by atoms with E-state index in [2.05, 4.69) is 4.72 Å². The molecular formula is C17H21NO4SSi. The van der Waals surface area contributed by atoms with Crippen molar-refractivity contribution in [2.24, 2.45) is 0 Å². The lowest BCUT2D eigenvalue weighted by molar-refractivity contribution is 0.364. The summed E-state index contributed by atoms with van der Waals surface area (Å²) < 4.78 is 27.4. The maximum absolute atomic E-state index is 12.4. The van der Waals surface area contributed by atoms with E-state index in [4.69, 9.17) is 0 Å². The van der Waals surface area contributed by atoms with Crippen LogP contribution in [0.3, 0.4) is 0 Å². The Bertz CT molecular complexity index is 817. The zero-order valence-electron chi connectivity index (χ0n) is 13.5. The molecule has 0 bridgehead atoms. The number of hydrogen-bond donors (Lipinski definition) is 3. The molecule has 2 aromatic rings. The highest BCUT2D eigenvalue weighted by Crippen LogP contribution is 2.20. The van der Waals surface area contributed by atoms with Crippen molar-refractivity contribution in [1.29, 1.82) is 0 Å². The Balaban J connectivity index is 2.25. The lowest BCUT2D eigenvalue weighted by atomic mass is 10.2. The van der Waals surface area contributed by atoms with Crippen molar-refractivity contribution in [2.75, 3.05) is 4.72 Å². The Morgan fingerprint density at radius 1 is 1.04 bits per heavy atom. The zero-order valence-corrected chi connectivity index (χ0v) is 15.4. The van der Waals surface area contributed by atoms with Crippen molar-refractivity contribution in [2.45, 2.75) is 24.3 Å². The average molecular weight is 364 g/mol. The van der Waals surface area contributed by atoms with Gasteiger partial charge < -0.3 is 9.59 Å². The number of hydrogen-bond acceptors (Lipinski definition) is 4. The topological polar surface area (TPSA) is 86.6 Å². The third-order valence-electron chi connectivity index (χ3n) is 3.57. The second-order valence-electron chi connectivity index (χ2n) is 5.82. The minimum absolute atomic E-state index is 0.112. The number of nitrogens with one attached hydrogen (secondary N) is 1. The van der Waals surface area contributed by atoms with Gasteiger partial charge in [0, 0.05) is 11.2 Å². The number of benzene rings is 2. The summed E-state index contributed by atoms with van der Waals surface area (Å²) in [5.74, 6) is 0. The van der Waals surface area contributed by atoms with Gasteiger partial charge in [-0.2, -0.15) is 0 Å². The zero-order chi connectivity index (χ0) is 17.8. The van der Waals surface area contributed by atoms with Gasteiger partial charge in [0.05, 0.1) is 4.90 Å². The highest BCUT2D eigenvalue weighted by molar-refractivity contribution is 7.92. The highest BCUT2D eigenvalue weighted by atomic mass is 32.2. The summed E-state index contributed by atoms with van der Waals surface area (Å²) in [7, 11) is -7.14. The molecule has 0 saturated carbocycles. The molecule has 0 fully saturated rings. The Kier molecular flexibility index (Phi) is 5.61. The van der Waals surface area contributed by atoms with Crippen LogP contribution in [0.15, 0.2) is 65.2 Å². The van der Waals surface area contributed by atoms with Crippen LogP contribution in [0.2, 0.25) is 5.54 Å². The fraction of sp³-hybridized carbons (Fsp3) is 0.176. The van der Waals surface area contributed by atoms with Crippen molar-refractivity contribution in [3.05, 3.63) is 65.9 Å². The molecule has 0 atom stereocenters. The first-order valence-corrected chi connectivity index (χ1v) is 11.1. The van der Waals surface area contributed by atoms with Crippen LogP contribution in [0.25, 0.3) is 6.08 Å². The standard InChI is InChI=1S/C17H21NO4SSi/c1-14(2)24(21,22)12-11-15-7-6-10-17(13-15)23(19,20)18-16-8-4-3-5-9-16/h3-14,18,21-22H,1-2H3/b12-11+. The van der Waals surface area contributed by atoms with E-state index in [1.165, 1.54) is 17.8 Å². The minimum Gasteiger partial charge on any atom is -0.408 e. The molecule has 0 aliphatic heterocycles. The number of rotatable bonds is 6. The summed E-state index contributed by atoms with van der Waals surface area (Å²) in [5.41, 5.74) is 2.20. The van der Waals surface area contributed by atoms with Gasteiger partial charge in [0.2, 0.25) is 0 Å². The average Bonchev–Trinajstić information content (AvgIpc) is 2.54. The molecule has 0 aliphatic rings. The molecule has 0 aliphatic carbocycles. The quantitative estimate of drug-likeness (QED) is 0.689. The van der Waals surface area contributed by atoms with Crippen LogP contribution < -0.4 is 4.72 Å². The maximum atomic E-state index is 12.4. The van der Waals surface area contributed by atoms with Gasteiger partial charge in [-0.05, 0) is 35.5 Å². The molecule has 3 N–H and O–H groups in total. The Hall–Kier alpha value is -1.93. The Labute approximate surface area is 143 Å². The Morgan fingerprint density at radius 2 is 1.71 bits per heavy atom. The Morgan fingerprint density at radius 3 is 2.33 bits per heavy atom. The first kappa shape index (κ1) is 18.4.